The predicted octanol–water partition coefficient (Wildman–Crippen LogP) is 2.02. The third kappa shape index (κ3) is 3.06. The maximum absolute atomic E-state index is 9.96. The Bertz CT molecular complexity index is 857. The lowest BCUT2D eigenvalue weighted by molar-refractivity contribution is -0.149. The number of para-hydroxylation sites is 1. The van der Waals surface area contributed by atoms with Crippen molar-refractivity contribution in [2.45, 2.75) is 0 Å². The second kappa shape index (κ2) is 6.56. The van der Waals surface area contributed by atoms with Crippen LogP contribution in [0.3, 0.4) is 0 Å². The van der Waals surface area contributed by atoms with E-state index in [1.54, 1.807) is 18.3 Å². The van der Waals surface area contributed by atoms with E-state index in [-0.39, 0.29) is 11.2 Å². The lowest BCUT2D eigenvalue weighted by Crippen LogP contribution is -2.74. The second-order valence-corrected chi connectivity index (χ2v) is 7.81. The first-order chi connectivity index (χ1) is 13.2. The van der Waals surface area contributed by atoms with Gasteiger partial charge in [-0.3, -0.25) is 14.7 Å². The summed E-state index contributed by atoms with van der Waals surface area (Å²) in [7, 11) is 0. The zero-order valence-electron chi connectivity index (χ0n) is 15.2. The molecule has 0 saturated carbocycles. The van der Waals surface area contributed by atoms with E-state index in [2.05, 4.69) is 44.1 Å². The monoisotopic (exact) mass is 361 g/mol. The second-order valence-electron chi connectivity index (χ2n) is 7.81. The predicted molar refractivity (Wildman–Crippen MR) is 106 cm³/mol. The Balaban J connectivity index is 1.53. The molecule has 0 aliphatic carbocycles. The van der Waals surface area contributed by atoms with E-state index in [0.29, 0.717) is 5.56 Å². The Morgan fingerprint density at radius 1 is 0.852 bits per heavy atom. The maximum Gasteiger partial charge on any atom is 0.124 e. The van der Waals surface area contributed by atoms with Crippen LogP contribution < -0.4 is 0 Å². The van der Waals surface area contributed by atoms with Gasteiger partial charge in [0.2, 0.25) is 0 Å². The highest BCUT2D eigenvalue weighted by atomic mass is 16.3. The normalized spacial score (nSPS) is 32.3. The van der Waals surface area contributed by atoms with Gasteiger partial charge in [-0.2, -0.15) is 10.2 Å². The number of phenols is 1. The summed E-state index contributed by atoms with van der Waals surface area (Å²) in [6.45, 7) is 6.17. The first kappa shape index (κ1) is 16.6. The van der Waals surface area contributed by atoms with Gasteiger partial charge in [-0.15, -0.1) is 0 Å². The average Bonchev–Trinajstić information content (AvgIpc) is 2.66. The number of aromatic hydroxyl groups is 1. The summed E-state index contributed by atoms with van der Waals surface area (Å²) in [6, 6.07) is 17.6. The van der Waals surface area contributed by atoms with Gasteiger partial charge in [-0.1, -0.05) is 42.5 Å². The number of nitrogens with zero attached hydrogens (tertiary/aromatic N) is 5. The van der Waals surface area contributed by atoms with E-state index in [1.165, 1.54) is 0 Å². The van der Waals surface area contributed by atoms with Crippen LogP contribution in [0.5, 0.6) is 5.75 Å². The third-order valence-corrected chi connectivity index (χ3v) is 5.62. The minimum Gasteiger partial charge on any atom is -0.507 e. The van der Waals surface area contributed by atoms with E-state index in [1.807, 2.05) is 18.2 Å². The van der Waals surface area contributed by atoms with Gasteiger partial charge in [0.15, 0.2) is 0 Å². The summed E-state index contributed by atoms with van der Waals surface area (Å²) in [5.74, 6) is 0.218. The number of phenolic OH excluding ortho intramolecular Hbond substituents is 1. The molecule has 0 amide bonds. The highest BCUT2D eigenvalue weighted by Crippen LogP contribution is 2.38. The molecule has 6 rings (SSSR count). The van der Waals surface area contributed by atoms with Crippen molar-refractivity contribution >= 4 is 11.9 Å². The maximum atomic E-state index is 9.96. The van der Waals surface area contributed by atoms with E-state index in [9.17, 15) is 5.11 Å². The van der Waals surface area contributed by atoms with Crippen LogP contribution >= 0.6 is 0 Å². The summed E-state index contributed by atoms with van der Waals surface area (Å²) < 4.78 is 0. The van der Waals surface area contributed by atoms with Crippen LogP contribution in [0, 0.1) is 5.41 Å². The van der Waals surface area contributed by atoms with Gasteiger partial charge < -0.3 is 5.11 Å². The average molecular weight is 361 g/mol. The smallest absolute Gasteiger partial charge is 0.124 e. The van der Waals surface area contributed by atoms with Crippen molar-refractivity contribution in [1.29, 1.82) is 0 Å². The molecule has 4 saturated heterocycles. The first-order valence-corrected chi connectivity index (χ1v) is 9.34. The first-order valence-electron chi connectivity index (χ1n) is 9.34. The molecule has 2 aromatic rings. The summed E-state index contributed by atoms with van der Waals surface area (Å²) in [4.78, 5) is 7.46. The van der Waals surface area contributed by atoms with E-state index in [0.717, 1.165) is 50.9 Å². The molecule has 138 valence electrons. The SMILES string of the molecule is Oc1ccccc1C=NN=C(c1ccccc1)C12CN3CN(CN(C3)C1)C2. The topological polar surface area (TPSA) is 54.7 Å². The van der Waals surface area contributed by atoms with Crippen LogP contribution in [-0.4, -0.2) is 71.4 Å². The Hall–Kier alpha value is -2.54. The molecule has 1 N–H and O–H groups in total. The molecule has 4 aliphatic heterocycles. The molecule has 4 fully saturated rings. The minimum atomic E-state index is -0.0355. The summed E-state index contributed by atoms with van der Waals surface area (Å²) in [5.41, 5.74) is 2.80. The van der Waals surface area contributed by atoms with Gasteiger partial charge in [0, 0.05) is 25.2 Å². The Labute approximate surface area is 159 Å². The highest BCUT2D eigenvalue weighted by molar-refractivity contribution is 6.05. The van der Waals surface area contributed by atoms with E-state index >= 15 is 0 Å². The lowest BCUT2D eigenvalue weighted by Gasteiger charge is -2.60. The molecule has 0 atom stereocenters. The summed E-state index contributed by atoms with van der Waals surface area (Å²) >= 11 is 0. The molecular formula is C21H23N5O. The van der Waals surface area contributed by atoms with Crippen molar-refractivity contribution < 1.29 is 5.11 Å². The number of hydrogen-bond acceptors (Lipinski definition) is 6. The molecule has 6 nitrogen and oxygen atoms in total. The van der Waals surface area contributed by atoms with Gasteiger partial charge in [-0.25, -0.2) is 0 Å². The van der Waals surface area contributed by atoms with Crippen LogP contribution in [0.25, 0.3) is 0 Å². The van der Waals surface area contributed by atoms with Crippen molar-refractivity contribution in [3.8, 4) is 5.75 Å². The van der Waals surface area contributed by atoms with E-state index in [4.69, 9.17) is 5.10 Å². The molecule has 0 unspecified atom stereocenters. The van der Waals surface area contributed by atoms with Gasteiger partial charge in [0.05, 0.1) is 37.3 Å². The van der Waals surface area contributed by atoms with Crippen LogP contribution in [-0.2, 0) is 0 Å². The highest BCUT2D eigenvalue weighted by Gasteiger charge is 2.51. The zero-order chi connectivity index (χ0) is 18.3. The lowest BCUT2D eigenvalue weighted by atomic mass is 9.74. The Kier molecular flexibility index (Phi) is 4.04. The molecule has 0 aromatic heterocycles. The fourth-order valence-electron chi connectivity index (χ4n) is 4.75. The Morgan fingerprint density at radius 3 is 2.07 bits per heavy atom. The van der Waals surface area contributed by atoms with Crippen molar-refractivity contribution in [2.75, 3.05) is 39.6 Å². The molecule has 0 radical (unpaired) electrons. The Morgan fingerprint density at radius 2 is 1.44 bits per heavy atom. The van der Waals surface area contributed by atoms with Crippen molar-refractivity contribution in [3.63, 3.8) is 0 Å². The zero-order valence-corrected chi connectivity index (χ0v) is 15.2. The van der Waals surface area contributed by atoms with Gasteiger partial charge in [0.1, 0.15) is 5.75 Å². The molecule has 27 heavy (non-hydrogen) atoms. The van der Waals surface area contributed by atoms with Crippen molar-refractivity contribution in [3.05, 3.63) is 65.7 Å². The van der Waals surface area contributed by atoms with Crippen LogP contribution in [0.2, 0.25) is 0 Å². The van der Waals surface area contributed by atoms with Gasteiger partial charge in [0.25, 0.3) is 0 Å². The van der Waals surface area contributed by atoms with E-state index < -0.39 is 0 Å². The quantitative estimate of drug-likeness (QED) is 0.669. The fourth-order valence-corrected chi connectivity index (χ4v) is 4.75. The van der Waals surface area contributed by atoms with Crippen molar-refractivity contribution in [1.82, 2.24) is 14.7 Å². The standard InChI is InChI=1S/C21H23N5O/c27-19-9-5-4-8-18(19)10-22-23-20(17-6-2-1-3-7-17)21-11-24-14-25(12-21)16-26(13-21)15-24/h1-10,27H,11-16H2. The van der Waals surface area contributed by atoms with Gasteiger partial charge >= 0.3 is 0 Å². The minimum absolute atomic E-state index is 0.0355. The number of benzene rings is 2. The van der Waals surface area contributed by atoms with Crippen LogP contribution in [0.1, 0.15) is 11.1 Å². The largest absolute Gasteiger partial charge is 0.507 e. The molecule has 2 aromatic carbocycles. The van der Waals surface area contributed by atoms with Crippen LogP contribution in [0.15, 0.2) is 64.8 Å². The molecular weight excluding hydrogens is 338 g/mol. The summed E-state index contributed by atoms with van der Waals surface area (Å²) in [5, 5.41) is 19.1. The van der Waals surface area contributed by atoms with Gasteiger partial charge in [-0.05, 0) is 17.7 Å². The summed E-state index contributed by atoms with van der Waals surface area (Å²) in [6.07, 6.45) is 1.64. The molecule has 4 aliphatic rings. The molecule has 0 spiro atoms. The molecule has 6 heteroatoms. The third-order valence-electron chi connectivity index (χ3n) is 5.62. The molecule has 4 heterocycles. The number of hydrogen-bond donors (Lipinski definition) is 1. The molecule has 4 bridgehead atoms. The van der Waals surface area contributed by atoms with Crippen molar-refractivity contribution in [2.24, 2.45) is 15.6 Å². The van der Waals surface area contributed by atoms with Crippen LogP contribution in [0.4, 0.5) is 0 Å². The number of rotatable bonds is 4. The fraction of sp³-hybridized carbons (Fsp3) is 0.333.